The minimum atomic E-state index is -0.0359. The van der Waals surface area contributed by atoms with Gasteiger partial charge in [-0.3, -0.25) is 4.79 Å². The number of ether oxygens (including phenoxy) is 2. The van der Waals surface area contributed by atoms with E-state index in [1.54, 1.807) is 17.7 Å². The average Bonchev–Trinajstić information content (AvgIpc) is 3.47. The van der Waals surface area contributed by atoms with Gasteiger partial charge in [-0.1, -0.05) is 6.07 Å². The molecule has 1 aromatic carbocycles. The first-order valence-electron chi connectivity index (χ1n) is 12.1. The highest BCUT2D eigenvalue weighted by Crippen LogP contribution is 2.36. The largest absolute Gasteiger partial charge is 0.489 e. The second kappa shape index (κ2) is 9.88. The number of amides is 1. The number of anilines is 2. The third-order valence-electron chi connectivity index (χ3n) is 6.95. The van der Waals surface area contributed by atoms with Crippen LogP contribution in [0.3, 0.4) is 0 Å². The Morgan fingerprint density at radius 2 is 2.03 bits per heavy atom. The van der Waals surface area contributed by atoms with Crippen LogP contribution in [-0.2, 0) is 9.53 Å². The molecule has 8 heteroatoms. The smallest absolute Gasteiger partial charge is 0.227 e. The van der Waals surface area contributed by atoms with Crippen molar-refractivity contribution in [1.82, 2.24) is 9.97 Å². The quantitative estimate of drug-likeness (QED) is 0.533. The van der Waals surface area contributed by atoms with Gasteiger partial charge in [0.2, 0.25) is 5.91 Å². The molecule has 4 heterocycles. The van der Waals surface area contributed by atoms with E-state index in [1.807, 2.05) is 25.1 Å². The molecule has 180 valence electrons. The van der Waals surface area contributed by atoms with Gasteiger partial charge in [0.15, 0.2) is 0 Å². The molecule has 2 fully saturated rings. The predicted octanol–water partition coefficient (Wildman–Crippen LogP) is 5.03. The molecule has 2 saturated heterocycles. The predicted molar refractivity (Wildman–Crippen MR) is 136 cm³/mol. The number of piperidine rings is 1. The first kappa shape index (κ1) is 23.1. The maximum atomic E-state index is 13.1. The monoisotopic (exact) mass is 480 g/mol. The summed E-state index contributed by atoms with van der Waals surface area (Å²) in [5.74, 6) is 1.73. The van der Waals surface area contributed by atoms with Gasteiger partial charge in [-0.05, 0) is 69.7 Å². The molecule has 2 aliphatic rings. The van der Waals surface area contributed by atoms with Gasteiger partial charge in [0, 0.05) is 30.5 Å². The number of aromatic nitrogens is 2. The van der Waals surface area contributed by atoms with E-state index in [9.17, 15) is 4.79 Å². The number of nitrogens with one attached hydrogen (secondary N) is 1. The van der Waals surface area contributed by atoms with Gasteiger partial charge in [-0.25, -0.2) is 9.97 Å². The second-order valence-electron chi connectivity index (χ2n) is 9.36. The number of rotatable bonds is 6. The summed E-state index contributed by atoms with van der Waals surface area (Å²) in [5, 5.41) is 4.29. The normalized spacial score (nSPS) is 19.0. The van der Waals surface area contributed by atoms with Gasteiger partial charge in [-0.15, -0.1) is 11.3 Å². The molecule has 1 N–H and O–H groups in total. The molecule has 2 aromatic heterocycles. The number of carbonyl (C=O) groups excluding carboxylic acids is 1. The van der Waals surface area contributed by atoms with E-state index < -0.39 is 0 Å². The maximum Gasteiger partial charge on any atom is 0.227 e. The van der Waals surface area contributed by atoms with Crippen LogP contribution in [-0.4, -0.2) is 48.3 Å². The summed E-state index contributed by atoms with van der Waals surface area (Å²) >= 11 is 1.72. The number of aryl methyl sites for hydroxylation is 3. The molecule has 0 aliphatic carbocycles. The molecule has 5 rings (SSSR count). The van der Waals surface area contributed by atoms with Crippen molar-refractivity contribution >= 4 is 39.0 Å². The van der Waals surface area contributed by atoms with E-state index >= 15 is 0 Å². The molecule has 1 amide bonds. The van der Waals surface area contributed by atoms with Crippen molar-refractivity contribution in [3.63, 3.8) is 0 Å². The Bertz CT molecular complexity index is 1180. The van der Waals surface area contributed by atoms with E-state index in [4.69, 9.17) is 9.47 Å². The minimum absolute atomic E-state index is 0.0359. The SMILES string of the molecule is Cc1ccc(NC(=O)C2CCN(c3ncnc4sc(C)c(C)c34)CC2)c(OCC2CCCO2)c1. The number of fused-ring (bicyclic) bond motifs is 1. The third-order valence-corrected chi connectivity index (χ3v) is 8.07. The first-order chi connectivity index (χ1) is 16.5. The van der Waals surface area contributed by atoms with Crippen LogP contribution in [0.15, 0.2) is 24.5 Å². The average molecular weight is 481 g/mol. The van der Waals surface area contributed by atoms with Crippen LogP contribution < -0.4 is 15.0 Å². The molecular formula is C26H32N4O3S. The summed E-state index contributed by atoms with van der Waals surface area (Å²) in [4.78, 5) is 26.8. The van der Waals surface area contributed by atoms with Crippen LogP contribution in [0.4, 0.5) is 11.5 Å². The van der Waals surface area contributed by atoms with E-state index in [1.165, 1.54) is 10.4 Å². The summed E-state index contributed by atoms with van der Waals surface area (Å²) in [5.41, 5.74) is 3.09. The molecule has 0 bridgehead atoms. The van der Waals surface area contributed by atoms with E-state index in [2.05, 4.69) is 34.0 Å². The van der Waals surface area contributed by atoms with Crippen LogP contribution in [0.25, 0.3) is 10.2 Å². The Morgan fingerprint density at radius 3 is 2.79 bits per heavy atom. The fraction of sp³-hybridized carbons (Fsp3) is 0.500. The van der Waals surface area contributed by atoms with Crippen molar-refractivity contribution in [3.05, 3.63) is 40.5 Å². The molecule has 3 aromatic rings. The van der Waals surface area contributed by atoms with Crippen LogP contribution in [0.5, 0.6) is 5.75 Å². The van der Waals surface area contributed by atoms with Crippen molar-refractivity contribution in [3.8, 4) is 5.75 Å². The van der Waals surface area contributed by atoms with E-state index in [0.717, 1.165) is 72.7 Å². The lowest BCUT2D eigenvalue weighted by atomic mass is 9.95. The molecular weight excluding hydrogens is 448 g/mol. The van der Waals surface area contributed by atoms with Crippen molar-refractivity contribution in [2.24, 2.45) is 5.92 Å². The van der Waals surface area contributed by atoms with Crippen LogP contribution in [0, 0.1) is 26.7 Å². The fourth-order valence-electron chi connectivity index (χ4n) is 4.80. The van der Waals surface area contributed by atoms with Crippen molar-refractivity contribution in [2.75, 3.05) is 36.5 Å². The molecule has 2 aliphatic heterocycles. The number of hydrogen-bond acceptors (Lipinski definition) is 7. The van der Waals surface area contributed by atoms with Crippen LogP contribution in [0.2, 0.25) is 0 Å². The number of nitrogens with zero attached hydrogens (tertiary/aromatic N) is 3. The van der Waals surface area contributed by atoms with Crippen molar-refractivity contribution in [2.45, 2.75) is 52.6 Å². The molecule has 7 nitrogen and oxygen atoms in total. The Kier molecular flexibility index (Phi) is 6.70. The first-order valence-corrected chi connectivity index (χ1v) is 12.9. The lowest BCUT2D eigenvalue weighted by Gasteiger charge is -2.32. The Morgan fingerprint density at radius 1 is 1.21 bits per heavy atom. The summed E-state index contributed by atoms with van der Waals surface area (Å²) in [7, 11) is 0. The Labute approximate surface area is 204 Å². The number of thiophene rings is 1. The standard InChI is InChI=1S/C26H32N4O3S/c1-16-6-7-21(22(13-16)33-14-20-5-4-12-32-20)29-25(31)19-8-10-30(11-9-19)24-23-17(2)18(3)34-26(23)28-15-27-24/h6-7,13,15,19-20H,4-5,8-12,14H2,1-3H3,(H,29,31). The Balaban J connectivity index is 1.23. The summed E-state index contributed by atoms with van der Waals surface area (Å²) in [6, 6.07) is 5.92. The molecule has 0 radical (unpaired) electrons. The summed E-state index contributed by atoms with van der Waals surface area (Å²) in [6.45, 7) is 9.22. The highest BCUT2D eigenvalue weighted by atomic mass is 32.1. The van der Waals surface area contributed by atoms with Gasteiger partial charge in [0.05, 0.1) is 17.2 Å². The lowest BCUT2D eigenvalue weighted by molar-refractivity contribution is -0.120. The van der Waals surface area contributed by atoms with Gasteiger partial charge < -0.3 is 19.7 Å². The zero-order chi connectivity index (χ0) is 23.7. The topological polar surface area (TPSA) is 76.6 Å². The summed E-state index contributed by atoms with van der Waals surface area (Å²) < 4.78 is 11.7. The van der Waals surface area contributed by atoms with Gasteiger partial charge in [0.25, 0.3) is 0 Å². The van der Waals surface area contributed by atoms with Crippen molar-refractivity contribution < 1.29 is 14.3 Å². The van der Waals surface area contributed by atoms with Crippen LogP contribution in [0.1, 0.15) is 41.7 Å². The van der Waals surface area contributed by atoms with E-state index in [0.29, 0.717) is 12.4 Å². The zero-order valence-electron chi connectivity index (χ0n) is 20.1. The number of hydrogen-bond donors (Lipinski definition) is 1. The number of benzene rings is 1. The van der Waals surface area contributed by atoms with E-state index in [-0.39, 0.29) is 17.9 Å². The maximum absolute atomic E-state index is 13.1. The lowest BCUT2D eigenvalue weighted by Crippen LogP contribution is -2.38. The molecule has 1 unspecified atom stereocenters. The number of carbonyl (C=O) groups is 1. The molecule has 1 atom stereocenters. The zero-order valence-corrected chi connectivity index (χ0v) is 20.9. The summed E-state index contributed by atoms with van der Waals surface area (Å²) in [6.07, 6.45) is 5.47. The highest BCUT2D eigenvalue weighted by Gasteiger charge is 2.28. The second-order valence-corrected chi connectivity index (χ2v) is 10.6. The third kappa shape index (κ3) is 4.74. The van der Waals surface area contributed by atoms with Gasteiger partial charge in [0.1, 0.15) is 29.3 Å². The minimum Gasteiger partial charge on any atom is -0.489 e. The highest BCUT2D eigenvalue weighted by molar-refractivity contribution is 7.18. The van der Waals surface area contributed by atoms with Gasteiger partial charge >= 0.3 is 0 Å². The fourth-order valence-corrected chi connectivity index (χ4v) is 5.79. The molecule has 0 saturated carbocycles. The van der Waals surface area contributed by atoms with Crippen molar-refractivity contribution in [1.29, 1.82) is 0 Å². The molecule has 34 heavy (non-hydrogen) atoms. The van der Waals surface area contributed by atoms with Crippen LogP contribution >= 0.6 is 11.3 Å². The Hall–Kier alpha value is -2.71. The molecule has 0 spiro atoms. The van der Waals surface area contributed by atoms with Gasteiger partial charge in [-0.2, -0.15) is 0 Å².